The van der Waals surface area contributed by atoms with Gasteiger partial charge in [0.25, 0.3) is 5.91 Å². The van der Waals surface area contributed by atoms with E-state index in [1.807, 2.05) is 6.92 Å². The number of nitrogens with one attached hydrogen (secondary N) is 2. The van der Waals surface area contributed by atoms with Crippen LogP contribution in [0.15, 0.2) is 53.4 Å². The Morgan fingerprint density at radius 3 is 2.31 bits per heavy atom. The van der Waals surface area contributed by atoms with Crippen LogP contribution < -0.4 is 10.0 Å². The van der Waals surface area contributed by atoms with Crippen molar-refractivity contribution in [3.05, 3.63) is 59.7 Å². The average molecular weight is 418 g/mol. The lowest BCUT2D eigenvalue weighted by Gasteiger charge is -2.09. The van der Waals surface area contributed by atoms with Crippen LogP contribution in [-0.2, 0) is 19.6 Å². The molecule has 29 heavy (non-hydrogen) atoms. The van der Waals surface area contributed by atoms with Crippen LogP contribution in [0.4, 0.5) is 5.69 Å². The summed E-state index contributed by atoms with van der Waals surface area (Å²) < 4.78 is 31.7. The number of benzene rings is 2. The van der Waals surface area contributed by atoms with E-state index in [0.717, 1.165) is 0 Å². The van der Waals surface area contributed by atoms with Gasteiger partial charge in [0.2, 0.25) is 10.0 Å². The fraction of sp³-hybridized carbons (Fsp3) is 0.250. The molecule has 0 spiro atoms. The van der Waals surface area contributed by atoms with Crippen molar-refractivity contribution < 1.29 is 27.5 Å². The number of amides is 1. The van der Waals surface area contributed by atoms with Gasteiger partial charge in [-0.1, -0.05) is 13.0 Å². The van der Waals surface area contributed by atoms with Crippen LogP contribution in [0, 0.1) is 0 Å². The van der Waals surface area contributed by atoms with Gasteiger partial charge in [0.05, 0.1) is 10.5 Å². The lowest BCUT2D eigenvalue weighted by atomic mass is 10.1. The molecule has 0 aliphatic rings. The molecule has 2 aromatic carbocycles. The van der Waals surface area contributed by atoms with Crippen LogP contribution >= 0.6 is 0 Å². The molecule has 0 aliphatic carbocycles. The average Bonchev–Trinajstić information content (AvgIpc) is 2.71. The minimum Gasteiger partial charge on any atom is -0.452 e. The van der Waals surface area contributed by atoms with Crippen molar-refractivity contribution in [3.8, 4) is 0 Å². The summed E-state index contributed by atoms with van der Waals surface area (Å²) in [6.45, 7) is 3.01. The Hall–Kier alpha value is -3.04. The SMILES string of the molecule is CCCNS(=O)(=O)c1cccc(C(=O)OCC(=O)Nc2ccc(C(C)=O)cc2)c1. The molecule has 2 aromatic rings. The fourth-order valence-electron chi connectivity index (χ4n) is 2.31. The van der Waals surface area contributed by atoms with Gasteiger partial charge in [-0.2, -0.15) is 0 Å². The number of rotatable bonds is 9. The maximum absolute atomic E-state index is 12.2. The first kappa shape index (κ1) is 22.3. The molecule has 0 saturated carbocycles. The molecule has 0 heterocycles. The highest BCUT2D eigenvalue weighted by molar-refractivity contribution is 7.89. The Morgan fingerprint density at radius 1 is 1.00 bits per heavy atom. The highest BCUT2D eigenvalue weighted by atomic mass is 32.2. The van der Waals surface area contributed by atoms with Crippen LogP contribution in [0.25, 0.3) is 0 Å². The van der Waals surface area contributed by atoms with Gasteiger partial charge in [-0.15, -0.1) is 0 Å². The summed E-state index contributed by atoms with van der Waals surface area (Å²) in [5, 5.41) is 2.54. The molecule has 0 atom stereocenters. The summed E-state index contributed by atoms with van der Waals surface area (Å²) in [5.41, 5.74) is 0.979. The number of hydrogen-bond donors (Lipinski definition) is 2. The fourth-order valence-corrected chi connectivity index (χ4v) is 3.49. The van der Waals surface area contributed by atoms with Crippen LogP contribution in [-0.4, -0.2) is 39.2 Å². The van der Waals surface area contributed by atoms with E-state index in [2.05, 4.69) is 10.0 Å². The zero-order valence-electron chi connectivity index (χ0n) is 16.1. The van der Waals surface area contributed by atoms with E-state index in [1.54, 1.807) is 24.3 Å². The highest BCUT2D eigenvalue weighted by Gasteiger charge is 2.17. The Labute approximate surface area is 169 Å². The van der Waals surface area contributed by atoms with Gasteiger partial charge in [0.1, 0.15) is 0 Å². The van der Waals surface area contributed by atoms with Crippen molar-refractivity contribution in [1.29, 1.82) is 0 Å². The second kappa shape index (κ2) is 9.94. The van der Waals surface area contributed by atoms with Gasteiger partial charge < -0.3 is 10.1 Å². The van der Waals surface area contributed by atoms with E-state index < -0.39 is 28.5 Å². The van der Waals surface area contributed by atoms with Gasteiger partial charge in [0.15, 0.2) is 12.4 Å². The van der Waals surface area contributed by atoms with E-state index in [4.69, 9.17) is 4.74 Å². The zero-order chi connectivity index (χ0) is 21.4. The summed E-state index contributed by atoms with van der Waals surface area (Å²) in [7, 11) is -3.72. The van der Waals surface area contributed by atoms with Crippen molar-refractivity contribution in [3.63, 3.8) is 0 Å². The van der Waals surface area contributed by atoms with Gasteiger partial charge in [-0.25, -0.2) is 17.9 Å². The number of hydrogen-bond acceptors (Lipinski definition) is 6. The number of carbonyl (C=O) groups excluding carboxylic acids is 3. The molecular formula is C20H22N2O6S. The van der Waals surface area contributed by atoms with Crippen molar-refractivity contribution in [1.82, 2.24) is 4.72 Å². The molecule has 154 valence electrons. The third-order valence-electron chi connectivity index (χ3n) is 3.83. The molecule has 0 aromatic heterocycles. The van der Waals surface area contributed by atoms with Gasteiger partial charge in [0, 0.05) is 17.8 Å². The largest absolute Gasteiger partial charge is 0.452 e. The Bertz CT molecular complexity index is 1000. The van der Waals surface area contributed by atoms with Crippen molar-refractivity contribution in [2.45, 2.75) is 25.2 Å². The van der Waals surface area contributed by atoms with Crippen molar-refractivity contribution in [2.24, 2.45) is 0 Å². The number of carbonyl (C=O) groups is 3. The van der Waals surface area contributed by atoms with Crippen LogP contribution in [0.2, 0.25) is 0 Å². The summed E-state index contributed by atoms with van der Waals surface area (Å²) in [5.74, 6) is -1.48. The summed E-state index contributed by atoms with van der Waals surface area (Å²) in [4.78, 5) is 35.3. The molecule has 0 saturated heterocycles. The minimum atomic E-state index is -3.72. The minimum absolute atomic E-state index is 0.0167. The van der Waals surface area contributed by atoms with Gasteiger partial charge >= 0.3 is 5.97 Å². The molecule has 8 nitrogen and oxygen atoms in total. The quantitative estimate of drug-likeness (QED) is 0.477. The zero-order valence-corrected chi connectivity index (χ0v) is 16.9. The van der Waals surface area contributed by atoms with Gasteiger partial charge in [-0.3, -0.25) is 9.59 Å². The van der Waals surface area contributed by atoms with Crippen LogP contribution in [0.3, 0.4) is 0 Å². The maximum Gasteiger partial charge on any atom is 0.338 e. The second-order valence-corrected chi connectivity index (χ2v) is 7.95. The molecular weight excluding hydrogens is 396 g/mol. The maximum atomic E-state index is 12.2. The molecule has 0 radical (unpaired) electrons. The molecule has 0 fully saturated rings. The first-order valence-corrected chi connectivity index (χ1v) is 10.4. The van der Waals surface area contributed by atoms with E-state index in [1.165, 1.54) is 31.2 Å². The van der Waals surface area contributed by atoms with Crippen molar-refractivity contribution >= 4 is 33.4 Å². The molecule has 0 aliphatic heterocycles. The molecule has 0 unspecified atom stereocenters. The molecule has 2 N–H and O–H groups in total. The summed E-state index contributed by atoms with van der Waals surface area (Å²) >= 11 is 0. The number of sulfonamides is 1. The van der Waals surface area contributed by atoms with Crippen molar-refractivity contribution in [2.75, 3.05) is 18.5 Å². The molecule has 2 rings (SSSR count). The molecule has 1 amide bonds. The standard InChI is InChI=1S/C20H22N2O6S/c1-3-11-21-29(26,27)18-6-4-5-16(12-18)20(25)28-13-19(24)22-17-9-7-15(8-10-17)14(2)23/h4-10,12,21H,3,11,13H2,1-2H3,(H,22,24). The molecule has 9 heteroatoms. The smallest absolute Gasteiger partial charge is 0.338 e. The summed E-state index contributed by atoms with van der Waals surface area (Å²) in [6, 6.07) is 11.7. The Morgan fingerprint density at radius 2 is 1.69 bits per heavy atom. The van der Waals surface area contributed by atoms with E-state index in [0.29, 0.717) is 17.7 Å². The number of anilines is 1. The van der Waals surface area contributed by atoms with E-state index >= 15 is 0 Å². The monoisotopic (exact) mass is 418 g/mol. The van der Waals surface area contributed by atoms with Crippen LogP contribution in [0.1, 0.15) is 41.0 Å². The highest BCUT2D eigenvalue weighted by Crippen LogP contribution is 2.13. The number of esters is 1. The lowest BCUT2D eigenvalue weighted by Crippen LogP contribution is -2.25. The number of Topliss-reactive ketones (excluding diaryl/α,β-unsaturated/α-hetero) is 1. The Kier molecular flexibility index (Phi) is 7.63. The third kappa shape index (κ3) is 6.51. The lowest BCUT2D eigenvalue weighted by molar-refractivity contribution is -0.119. The number of ether oxygens (including phenoxy) is 1. The first-order valence-electron chi connectivity index (χ1n) is 8.90. The predicted octanol–water partition coefficient (Wildman–Crippen LogP) is 2.37. The number of ketones is 1. The Balaban J connectivity index is 1.95. The topological polar surface area (TPSA) is 119 Å². The first-order chi connectivity index (χ1) is 13.7. The normalized spacial score (nSPS) is 11.0. The second-order valence-electron chi connectivity index (χ2n) is 6.18. The van der Waals surface area contributed by atoms with E-state index in [-0.39, 0.29) is 22.8 Å². The summed E-state index contributed by atoms with van der Waals surface area (Å²) in [6.07, 6.45) is 0.632. The van der Waals surface area contributed by atoms with Gasteiger partial charge in [-0.05, 0) is 55.8 Å². The third-order valence-corrected chi connectivity index (χ3v) is 5.29. The molecule has 0 bridgehead atoms. The van der Waals surface area contributed by atoms with E-state index in [9.17, 15) is 22.8 Å². The predicted molar refractivity (Wildman–Crippen MR) is 107 cm³/mol. The van der Waals surface area contributed by atoms with Crippen LogP contribution in [0.5, 0.6) is 0 Å².